The van der Waals surface area contributed by atoms with Crippen LogP contribution in [0.15, 0.2) is 18.3 Å². The molecular weight excluding hydrogens is 272 g/mol. The van der Waals surface area contributed by atoms with Crippen LogP contribution in [-0.2, 0) is 0 Å². The molecule has 0 unspecified atom stereocenters. The van der Waals surface area contributed by atoms with E-state index >= 15 is 0 Å². The fourth-order valence-electron chi connectivity index (χ4n) is 2.69. The number of aromatic nitrogens is 1. The molecule has 0 aromatic carbocycles. The molecule has 4 heteroatoms. The Bertz CT molecular complexity index is 428. The highest BCUT2D eigenvalue weighted by atomic mass is 35.5. The van der Waals surface area contributed by atoms with Crippen LogP contribution in [0.4, 0.5) is 5.82 Å². The molecule has 1 N–H and O–H groups in total. The number of nitrogens with one attached hydrogen (secondary N) is 1. The zero-order chi connectivity index (χ0) is 14.6. The monoisotopic (exact) mass is 296 g/mol. The highest BCUT2D eigenvalue weighted by Gasteiger charge is 2.34. The summed E-state index contributed by atoms with van der Waals surface area (Å²) >= 11 is 6.26. The third-order valence-electron chi connectivity index (χ3n) is 4.00. The van der Waals surface area contributed by atoms with Crippen molar-refractivity contribution in [3.8, 4) is 5.75 Å². The summed E-state index contributed by atoms with van der Waals surface area (Å²) in [5.41, 5.74) is -0.0441. The van der Waals surface area contributed by atoms with Crippen molar-refractivity contribution in [2.24, 2.45) is 5.92 Å². The number of anilines is 1. The number of pyridine rings is 1. The number of rotatable bonds is 5. The number of hydrogen-bond acceptors (Lipinski definition) is 3. The van der Waals surface area contributed by atoms with Crippen LogP contribution >= 0.6 is 11.6 Å². The molecule has 0 radical (unpaired) electrons. The zero-order valence-corrected chi connectivity index (χ0v) is 13.4. The minimum atomic E-state index is -0.0441. The topological polar surface area (TPSA) is 34.2 Å². The fourth-order valence-corrected chi connectivity index (χ4v) is 3.03. The molecule has 0 bridgehead atoms. The quantitative estimate of drug-likeness (QED) is 0.814. The Kier molecular flexibility index (Phi) is 5.14. The van der Waals surface area contributed by atoms with Gasteiger partial charge in [0.2, 0.25) is 0 Å². The first-order valence-electron chi connectivity index (χ1n) is 7.50. The van der Waals surface area contributed by atoms with E-state index in [1.165, 1.54) is 12.8 Å². The zero-order valence-electron chi connectivity index (χ0n) is 12.7. The second-order valence-corrected chi connectivity index (χ2v) is 6.51. The van der Waals surface area contributed by atoms with E-state index in [-0.39, 0.29) is 11.6 Å². The summed E-state index contributed by atoms with van der Waals surface area (Å²) < 4.78 is 5.83. The van der Waals surface area contributed by atoms with Gasteiger partial charge in [-0.25, -0.2) is 4.98 Å². The van der Waals surface area contributed by atoms with Crippen molar-refractivity contribution in [1.29, 1.82) is 0 Å². The molecule has 1 aromatic rings. The number of hydrogen-bond donors (Lipinski definition) is 1. The largest absolute Gasteiger partial charge is 0.487 e. The minimum Gasteiger partial charge on any atom is -0.487 e. The van der Waals surface area contributed by atoms with Crippen molar-refractivity contribution in [2.45, 2.75) is 58.1 Å². The Balaban J connectivity index is 2.15. The van der Waals surface area contributed by atoms with E-state index in [0.29, 0.717) is 5.88 Å². The van der Waals surface area contributed by atoms with Crippen molar-refractivity contribution in [3.63, 3.8) is 0 Å². The van der Waals surface area contributed by atoms with Gasteiger partial charge in [-0.15, -0.1) is 11.6 Å². The maximum atomic E-state index is 6.26. The molecule has 1 aliphatic carbocycles. The summed E-state index contributed by atoms with van der Waals surface area (Å²) in [6, 6.07) is 3.86. The Labute approximate surface area is 127 Å². The molecule has 1 aliphatic rings. The van der Waals surface area contributed by atoms with Crippen LogP contribution in [0.25, 0.3) is 0 Å². The lowest BCUT2D eigenvalue weighted by Gasteiger charge is -2.39. The number of nitrogens with zero attached hydrogens (tertiary/aromatic N) is 1. The van der Waals surface area contributed by atoms with Crippen molar-refractivity contribution in [1.82, 2.24) is 4.98 Å². The summed E-state index contributed by atoms with van der Waals surface area (Å²) in [6.07, 6.45) is 6.55. The van der Waals surface area contributed by atoms with Gasteiger partial charge >= 0.3 is 0 Å². The van der Waals surface area contributed by atoms with Gasteiger partial charge in [-0.05, 0) is 57.6 Å². The fraction of sp³-hybridized carbons (Fsp3) is 0.688. The summed E-state index contributed by atoms with van der Waals surface area (Å²) in [5, 5.41) is 3.57. The second-order valence-electron chi connectivity index (χ2n) is 6.24. The third-order valence-corrected chi connectivity index (χ3v) is 4.52. The molecule has 20 heavy (non-hydrogen) atoms. The highest BCUT2D eigenvalue weighted by molar-refractivity contribution is 6.18. The molecule has 0 spiro atoms. The maximum absolute atomic E-state index is 6.26. The molecule has 0 amide bonds. The molecule has 0 atom stereocenters. The van der Waals surface area contributed by atoms with Crippen LogP contribution in [0.2, 0.25) is 0 Å². The van der Waals surface area contributed by atoms with E-state index in [4.69, 9.17) is 16.3 Å². The predicted molar refractivity (Wildman–Crippen MR) is 84.7 cm³/mol. The summed E-state index contributed by atoms with van der Waals surface area (Å²) in [5.74, 6) is 3.03. The SMILES string of the molecule is CC1CCC(CCl)(Nc2ncccc2OC(C)C)CC1. The van der Waals surface area contributed by atoms with Gasteiger partial charge in [-0.1, -0.05) is 6.92 Å². The number of ether oxygens (including phenoxy) is 1. The van der Waals surface area contributed by atoms with Crippen molar-refractivity contribution < 1.29 is 4.74 Å². The van der Waals surface area contributed by atoms with Gasteiger partial charge < -0.3 is 10.1 Å². The minimum absolute atomic E-state index is 0.0441. The third kappa shape index (κ3) is 3.78. The molecule has 1 fully saturated rings. The van der Waals surface area contributed by atoms with Crippen LogP contribution < -0.4 is 10.1 Å². The van der Waals surface area contributed by atoms with E-state index in [9.17, 15) is 0 Å². The lowest BCUT2D eigenvalue weighted by molar-refractivity contribution is 0.240. The second kappa shape index (κ2) is 6.66. The van der Waals surface area contributed by atoms with Crippen LogP contribution in [-0.4, -0.2) is 22.5 Å². The smallest absolute Gasteiger partial charge is 0.169 e. The molecule has 1 aromatic heterocycles. The highest BCUT2D eigenvalue weighted by Crippen LogP contribution is 2.37. The first-order chi connectivity index (χ1) is 9.54. The van der Waals surface area contributed by atoms with Gasteiger partial charge in [0.15, 0.2) is 11.6 Å². The van der Waals surface area contributed by atoms with E-state index in [1.807, 2.05) is 26.0 Å². The Hall–Kier alpha value is -0.960. The average molecular weight is 297 g/mol. The summed E-state index contributed by atoms with van der Waals surface area (Å²) in [7, 11) is 0. The van der Waals surface area contributed by atoms with Crippen molar-refractivity contribution >= 4 is 17.4 Å². The van der Waals surface area contributed by atoms with Gasteiger partial charge in [0, 0.05) is 12.1 Å². The van der Waals surface area contributed by atoms with E-state index in [1.54, 1.807) is 6.20 Å². The molecule has 1 heterocycles. The molecule has 0 aliphatic heterocycles. The van der Waals surface area contributed by atoms with Gasteiger partial charge in [-0.3, -0.25) is 0 Å². The average Bonchev–Trinajstić information content (AvgIpc) is 2.43. The van der Waals surface area contributed by atoms with Crippen LogP contribution in [0.1, 0.15) is 46.5 Å². The number of halogens is 1. The first kappa shape index (κ1) is 15.4. The van der Waals surface area contributed by atoms with Crippen LogP contribution in [0.3, 0.4) is 0 Å². The molecule has 0 saturated heterocycles. The standard InChI is InChI=1S/C16H25ClN2O/c1-12(2)20-14-5-4-10-18-15(14)19-16(11-17)8-6-13(3)7-9-16/h4-5,10,12-13H,6-9,11H2,1-3H3,(H,18,19). The summed E-state index contributed by atoms with van der Waals surface area (Å²) in [4.78, 5) is 4.44. The Morgan fingerprint density at radius 1 is 1.45 bits per heavy atom. The Morgan fingerprint density at radius 2 is 2.15 bits per heavy atom. The van der Waals surface area contributed by atoms with Gasteiger partial charge in [0.25, 0.3) is 0 Å². The lowest BCUT2D eigenvalue weighted by Crippen LogP contribution is -2.43. The van der Waals surface area contributed by atoms with Gasteiger partial charge in [0.05, 0.1) is 11.6 Å². The van der Waals surface area contributed by atoms with E-state index in [0.717, 1.165) is 30.3 Å². The molecular formula is C16H25ClN2O. The summed E-state index contributed by atoms with van der Waals surface area (Å²) in [6.45, 7) is 6.36. The lowest BCUT2D eigenvalue weighted by atomic mass is 9.78. The van der Waals surface area contributed by atoms with E-state index in [2.05, 4.69) is 17.2 Å². The van der Waals surface area contributed by atoms with Crippen molar-refractivity contribution in [3.05, 3.63) is 18.3 Å². The van der Waals surface area contributed by atoms with Gasteiger partial charge in [-0.2, -0.15) is 0 Å². The maximum Gasteiger partial charge on any atom is 0.169 e. The predicted octanol–water partition coefficient (Wildman–Crippen LogP) is 4.47. The van der Waals surface area contributed by atoms with Gasteiger partial charge in [0.1, 0.15) is 0 Å². The van der Waals surface area contributed by atoms with E-state index < -0.39 is 0 Å². The molecule has 3 nitrogen and oxygen atoms in total. The van der Waals surface area contributed by atoms with Crippen molar-refractivity contribution in [2.75, 3.05) is 11.2 Å². The number of alkyl halides is 1. The molecule has 1 saturated carbocycles. The Morgan fingerprint density at radius 3 is 2.75 bits per heavy atom. The molecule has 2 rings (SSSR count). The molecule has 112 valence electrons. The normalized spacial score (nSPS) is 26.6. The first-order valence-corrected chi connectivity index (χ1v) is 8.04. The van der Waals surface area contributed by atoms with Crippen LogP contribution in [0, 0.1) is 5.92 Å². The van der Waals surface area contributed by atoms with Crippen LogP contribution in [0.5, 0.6) is 5.75 Å².